The average Bonchev–Trinajstić information content (AvgIpc) is 3.55. The van der Waals surface area contributed by atoms with Crippen molar-refractivity contribution in [3.8, 4) is 0 Å². The van der Waals surface area contributed by atoms with E-state index in [4.69, 9.17) is 11.6 Å². The van der Waals surface area contributed by atoms with Gasteiger partial charge in [0.15, 0.2) is 0 Å². The first-order chi connectivity index (χ1) is 22.5. The van der Waals surface area contributed by atoms with Crippen molar-refractivity contribution in [3.63, 3.8) is 0 Å². The Kier molecular flexibility index (Phi) is 11.0. The van der Waals surface area contributed by atoms with Crippen LogP contribution in [0, 0.1) is 20.8 Å². The Morgan fingerprint density at radius 1 is 0.830 bits per heavy atom. The van der Waals surface area contributed by atoms with Gasteiger partial charge in [-0.15, -0.1) is 0 Å². The molecule has 246 valence electrons. The molecule has 0 heterocycles. The fraction of sp³-hybridized carbons (Fsp3) is 0.316. The number of hydrogen-bond donors (Lipinski definition) is 1. The molecule has 0 bridgehead atoms. The Labute approximate surface area is 283 Å². The number of nitrogens with one attached hydrogen (secondary N) is 1. The van der Waals surface area contributed by atoms with E-state index >= 15 is 0 Å². The molecular formula is C38H42ClN3O4S. The van der Waals surface area contributed by atoms with Crippen molar-refractivity contribution in [2.45, 2.75) is 76.4 Å². The molecule has 1 fully saturated rings. The summed E-state index contributed by atoms with van der Waals surface area (Å²) >= 11 is 6.27. The van der Waals surface area contributed by atoms with Gasteiger partial charge in [-0.1, -0.05) is 102 Å². The van der Waals surface area contributed by atoms with Gasteiger partial charge in [-0.2, -0.15) is 0 Å². The zero-order valence-corrected chi connectivity index (χ0v) is 28.7. The molecule has 9 heteroatoms. The molecule has 0 spiro atoms. The van der Waals surface area contributed by atoms with Crippen LogP contribution in [0.15, 0.2) is 102 Å². The summed E-state index contributed by atoms with van der Waals surface area (Å²) < 4.78 is 29.8. The Morgan fingerprint density at radius 2 is 1.51 bits per heavy atom. The average molecular weight is 672 g/mol. The number of benzene rings is 4. The fourth-order valence-corrected chi connectivity index (χ4v) is 7.88. The van der Waals surface area contributed by atoms with Gasteiger partial charge in [-0.05, 0) is 80.6 Å². The van der Waals surface area contributed by atoms with Crippen molar-refractivity contribution in [2.24, 2.45) is 0 Å². The third-order valence-corrected chi connectivity index (χ3v) is 10.7. The number of anilines is 1. The summed E-state index contributed by atoms with van der Waals surface area (Å²) in [4.78, 5) is 30.5. The first-order valence-corrected chi connectivity index (χ1v) is 17.9. The van der Waals surface area contributed by atoms with Crippen molar-refractivity contribution in [1.29, 1.82) is 0 Å². The predicted octanol–water partition coefficient (Wildman–Crippen LogP) is 7.16. The van der Waals surface area contributed by atoms with Crippen LogP contribution in [0.3, 0.4) is 0 Å². The van der Waals surface area contributed by atoms with Crippen LogP contribution >= 0.6 is 11.6 Å². The molecule has 1 unspecified atom stereocenters. The highest BCUT2D eigenvalue weighted by molar-refractivity contribution is 7.92. The van der Waals surface area contributed by atoms with Crippen LogP contribution in [0.25, 0.3) is 0 Å². The van der Waals surface area contributed by atoms with Gasteiger partial charge < -0.3 is 10.2 Å². The number of halogens is 1. The number of amides is 2. The lowest BCUT2D eigenvalue weighted by Gasteiger charge is -2.34. The van der Waals surface area contributed by atoms with Crippen molar-refractivity contribution >= 4 is 39.1 Å². The van der Waals surface area contributed by atoms with Crippen LogP contribution in [0.5, 0.6) is 0 Å². The quantitative estimate of drug-likeness (QED) is 0.173. The second kappa shape index (κ2) is 15.2. The van der Waals surface area contributed by atoms with Gasteiger partial charge in [0.2, 0.25) is 11.8 Å². The van der Waals surface area contributed by atoms with E-state index in [0.29, 0.717) is 16.3 Å². The summed E-state index contributed by atoms with van der Waals surface area (Å²) in [5, 5.41) is 3.67. The van der Waals surface area contributed by atoms with E-state index < -0.39 is 28.5 Å². The van der Waals surface area contributed by atoms with E-state index in [1.807, 2.05) is 68.4 Å². The molecule has 4 aromatic carbocycles. The van der Waals surface area contributed by atoms with Gasteiger partial charge in [0.05, 0.1) is 10.6 Å². The number of hydrogen-bond acceptors (Lipinski definition) is 4. The molecule has 1 atom stereocenters. The van der Waals surface area contributed by atoms with E-state index in [-0.39, 0.29) is 29.8 Å². The first kappa shape index (κ1) is 34.2. The van der Waals surface area contributed by atoms with Gasteiger partial charge in [0.25, 0.3) is 10.0 Å². The number of carbonyl (C=O) groups excluding carboxylic acids is 2. The van der Waals surface area contributed by atoms with Crippen molar-refractivity contribution in [2.75, 3.05) is 10.8 Å². The van der Waals surface area contributed by atoms with E-state index in [0.717, 1.165) is 52.2 Å². The third-order valence-electron chi connectivity index (χ3n) is 8.72. The molecule has 0 radical (unpaired) electrons. The zero-order valence-electron chi connectivity index (χ0n) is 27.2. The van der Waals surface area contributed by atoms with Crippen LogP contribution < -0.4 is 9.62 Å². The first-order valence-electron chi connectivity index (χ1n) is 16.1. The lowest BCUT2D eigenvalue weighted by molar-refractivity contribution is -0.140. The van der Waals surface area contributed by atoms with E-state index in [2.05, 4.69) is 5.32 Å². The zero-order chi connectivity index (χ0) is 33.6. The van der Waals surface area contributed by atoms with Crippen LogP contribution in [0.4, 0.5) is 5.69 Å². The summed E-state index contributed by atoms with van der Waals surface area (Å²) in [7, 11) is -4.20. The molecule has 4 aromatic rings. The van der Waals surface area contributed by atoms with Gasteiger partial charge in [0, 0.05) is 24.0 Å². The summed E-state index contributed by atoms with van der Waals surface area (Å²) in [5.41, 5.74) is 4.63. The molecule has 0 aromatic heterocycles. The van der Waals surface area contributed by atoms with E-state index in [1.54, 1.807) is 54.3 Å². The Morgan fingerprint density at radius 3 is 2.17 bits per heavy atom. The molecule has 1 saturated carbocycles. The second-order valence-electron chi connectivity index (χ2n) is 12.5. The maximum absolute atomic E-state index is 14.7. The molecule has 7 nitrogen and oxygen atoms in total. The molecule has 1 aliphatic carbocycles. The van der Waals surface area contributed by atoms with Crippen molar-refractivity contribution < 1.29 is 18.0 Å². The van der Waals surface area contributed by atoms with E-state index in [9.17, 15) is 18.0 Å². The highest BCUT2D eigenvalue weighted by Gasteiger charge is 2.36. The van der Waals surface area contributed by atoms with Crippen molar-refractivity contribution in [1.82, 2.24) is 10.2 Å². The Bertz CT molecular complexity index is 1810. The van der Waals surface area contributed by atoms with Gasteiger partial charge >= 0.3 is 0 Å². The minimum Gasteiger partial charge on any atom is -0.352 e. The number of aryl methyl sites for hydroxylation is 3. The highest BCUT2D eigenvalue weighted by Crippen LogP contribution is 2.30. The van der Waals surface area contributed by atoms with Gasteiger partial charge in [-0.3, -0.25) is 13.9 Å². The second-order valence-corrected chi connectivity index (χ2v) is 14.8. The maximum Gasteiger partial charge on any atom is 0.264 e. The smallest absolute Gasteiger partial charge is 0.264 e. The Hall–Kier alpha value is -4.14. The molecule has 1 aliphatic rings. The SMILES string of the molecule is Cc1ccc(S(=O)(=O)N(CC(=O)N(Cc2cccc(C)c2)C(Cc2ccccc2)C(=O)NC2CCCC2)c2ccc(Cl)cc2C)cc1. The highest BCUT2D eigenvalue weighted by atomic mass is 35.5. The molecular weight excluding hydrogens is 630 g/mol. The standard InChI is InChI=1S/C38H42ClN3O4S/c1-27-16-19-34(20-17-27)47(45,46)42(35-21-18-32(39)23-29(35)3)26-37(43)41(25-31-13-9-10-28(2)22-31)36(24-30-11-5-4-6-12-30)38(44)40-33-14-7-8-15-33/h4-6,9-13,16-23,33,36H,7-8,14-15,24-26H2,1-3H3,(H,40,44). The van der Waals surface area contributed by atoms with Crippen molar-refractivity contribution in [3.05, 3.63) is 130 Å². The normalized spacial score (nSPS) is 14.0. The van der Waals surface area contributed by atoms with Crippen LogP contribution in [0.1, 0.15) is 53.5 Å². The monoisotopic (exact) mass is 671 g/mol. The molecule has 0 aliphatic heterocycles. The predicted molar refractivity (Wildman–Crippen MR) is 188 cm³/mol. The Balaban J connectivity index is 1.58. The number of carbonyl (C=O) groups is 2. The minimum absolute atomic E-state index is 0.0480. The summed E-state index contributed by atoms with van der Waals surface area (Å²) in [6.45, 7) is 5.25. The van der Waals surface area contributed by atoms with Gasteiger partial charge in [-0.25, -0.2) is 8.42 Å². The molecule has 5 rings (SSSR count). The van der Waals surface area contributed by atoms with Crippen LogP contribution in [0.2, 0.25) is 5.02 Å². The van der Waals surface area contributed by atoms with Crippen LogP contribution in [-0.4, -0.2) is 43.8 Å². The minimum atomic E-state index is -4.20. The van der Waals surface area contributed by atoms with E-state index in [1.165, 1.54) is 0 Å². The van der Waals surface area contributed by atoms with Crippen LogP contribution in [-0.2, 0) is 32.6 Å². The summed E-state index contributed by atoms with van der Waals surface area (Å²) in [6.07, 6.45) is 4.17. The fourth-order valence-electron chi connectivity index (χ4n) is 6.18. The molecule has 2 amide bonds. The molecule has 47 heavy (non-hydrogen) atoms. The molecule has 0 saturated heterocycles. The summed E-state index contributed by atoms with van der Waals surface area (Å²) in [6, 6.07) is 28.1. The lowest BCUT2D eigenvalue weighted by Crippen LogP contribution is -2.54. The number of sulfonamides is 1. The third kappa shape index (κ3) is 8.62. The summed E-state index contributed by atoms with van der Waals surface area (Å²) in [5.74, 6) is -0.726. The van der Waals surface area contributed by atoms with Gasteiger partial charge in [0.1, 0.15) is 12.6 Å². The maximum atomic E-state index is 14.7. The molecule has 1 N–H and O–H groups in total. The number of rotatable bonds is 12. The number of nitrogens with zero attached hydrogens (tertiary/aromatic N) is 2. The lowest BCUT2D eigenvalue weighted by atomic mass is 10.0. The topological polar surface area (TPSA) is 86.8 Å². The largest absolute Gasteiger partial charge is 0.352 e.